The molecule has 0 fully saturated rings. The van der Waals surface area contributed by atoms with Gasteiger partial charge in [-0.1, -0.05) is 13.8 Å². The Morgan fingerprint density at radius 2 is 2.07 bits per heavy atom. The van der Waals surface area contributed by atoms with Gasteiger partial charge in [-0.05, 0) is 47.6 Å². The number of carbonyl (C=O) groups excluding carboxylic acids is 1. The van der Waals surface area contributed by atoms with Crippen LogP contribution in [0.1, 0.15) is 48.7 Å². The first-order valence-electron chi connectivity index (χ1n) is 9.88. The lowest BCUT2D eigenvalue weighted by molar-refractivity contribution is -0.121. The van der Waals surface area contributed by atoms with Crippen LogP contribution in [0.3, 0.4) is 0 Å². The van der Waals surface area contributed by atoms with Crippen LogP contribution >= 0.6 is 0 Å². The lowest BCUT2D eigenvalue weighted by atomic mass is 9.86. The van der Waals surface area contributed by atoms with Gasteiger partial charge in [0.2, 0.25) is 5.88 Å². The summed E-state index contributed by atoms with van der Waals surface area (Å²) >= 11 is 0. The monoisotopic (exact) mass is 413 g/mol. The van der Waals surface area contributed by atoms with Crippen molar-refractivity contribution >= 4 is 17.7 Å². The third-order valence-corrected chi connectivity index (χ3v) is 6.02. The van der Waals surface area contributed by atoms with Gasteiger partial charge in [0.25, 0.3) is 5.91 Å². The number of benzene rings is 1. The molecule has 0 saturated heterocycles. The average Bonchev–Trinajstić information content (AvgIpc) is 3.01. The molecule has 4 rings (SSSR count). The third-order valence-electron chi connectivity index (χ3n) is 6.02. The zero-order valence-corrected chi connectivity index (χ0v) is 17.2. The molecule has 2 heterocycles. The van der Waals surface area contributed by atoms with Crippen LogP contribution < -0.4 is 10.1 Å². The molecule has 1 aliphatic carbocycles. The number of nitrogens with one attached hydrogen (secondary N) is 1. The zero-order chi connectivity index (χ0) is 21.6. The van der Waals surface area contributed by atoms with Crippen molar-refractivity contribution in [2.24, 2.45) is 0 Å². The predicted octanol–water partition coefficient (Wildman–Crippen LogP) is 3.67. The second-order valence-corrected chi connectivity index (χ2v) is 8.38. The van der Waals surface area contributed by atoms with E-state index < -0.39 is 18.0 Å². The van der Waals surface area contributed by atoms with E-state index in [9.17, 15) is 19.1 Å². The number of ether oxygens (including phenoxy) is 1. The Morgan fingerprint density at radius 1 is 1.30 bits per heavy atom. The van der Waals surface area contributed by atoms with Crippen molar-refractivity contribution in [3.05, 3.63) is 52.5 Å². The Kier molecular flexibility index (Phi) is 4.88. The number of nitrogens with zero attached hydrogens (tertiary/aromatic N) is 2. The van der Waals surface area contributed by atoms with Crippen molar-refractivity contribution in [3.8, 4) is 5.88 Å². The normalized spacial score (nSPS) is 19.1. The minimum absolute atomic E-state index is 0.132. The highest BCUT2D eigenvalue weighted by Gasteiger charge is 2.38. The van der Waals surface area contributed by atoms with Crippen molar-refractivity contribution < 1.29 is 23.8 Å². The minimum atomic E-state index is -1.20. The average molecular weight is 413 g/mol. The predicted molar refractivity (Wildman–Crippen MR) is 108 cm³/mol. The molecule has 158 valence electrons. The summed E-state index contributed by atoms with van der Waals surface area (Å²) in [5, 5.41) is 12.3. The number of carbonyl (C=O) groups is 2. The van der Waals surface area contributed by atoms with Crippen molar-refractivity contribution in [1.82, 2.24) is 9.88 Å². The van der Waals surface area contributed by atoms with E-state index in [-0.39, 0.29) is 17.8 Å². The summed E-state index contributed by atoms with van der Waals surface area (Å²) in [4.78, 5) is 30.4. The highest BCUT2D eigenvalue weighted by molar-refractivity contribution is 5.97. The fourth-order valence-electron chi connectivity index (χ4n) is 4.54. The Morgan fingerprint density at radius 3 is 2.77 bits per heavy atom. The van der Waals surface area contributed by atoms with Gasteiger partial charge in [0.15, 0.2) is 0 Å². The van der Waals surface area contributed by atoms with Crippen LogP contribution in [0.2, 0.25) is 0 Å². The smallest absolute Gasteiger partial charge is 0.408 e. The van der Waals surface area contributed by atoms with E-state index in [4.69, 9.17) is 4.74 Å². The van der Waals surface area contributed by atoms with Crippen LogP contribution in [0.25, 0.3) is 0 Å². The molecule has 0 spiro atoms. The number of halogens is 1. The summed E-state index contributed by atoms with van der Waals surface area (Å²) < 4.78 is 19.9. The molecule has 7 nitrogen and oxygen atoms in total. The van der Waals surface area contributed by atoms with Crippen LogP contribution in [-0.2, 0) is 23.1 Å². The van der Waals surface area contributed by atoms with Gasteiger partial charge >= 0.3 is 6.09 Å². The maximum absolute atomic E-state index is 14.8. The van der Waals surface area contributed by atoms with Crippen LogP contribution in [0.15, 0.2) is 24.3 Å². The molecule has 8 heteroatoms. The molecule has 1 aliphatic heterocycles. The fourth-order valence-corrected chi connectivity index (χ4v) is 4.54. The number of aryl methyl sites for hydroxylation is 1. The van der Waals surface area contributed by atoms with Gasteiger partial charge in [-0.15, -0.1) is 0 Å². The van der Waals surface area contributed by atoms with Crippen LogP contribution in [0.4, 0.5) is 14.9 Å². The summed E-state index contributed by atoms with van der Waals surface area (Å²) in [5.41, 5.74) is 2.77. The molecule has 0 radical (unpaired) electrons. The quantitative estimate of drug-likeness (QED) is 0.801. The van der Waals surface area contributed by atoms with Gasteiger partial charge in [0.1, 0.15) is 11.9 Å². The number of hydrogen-bond donors (Lipinski definition) is 2. The standard InChI is InChI=1S/C22H24FN3O4/c1-22(2)8-6-12-10-13(11-15(23)18(12)22)24-20(27)19-14-4-5-17(30-3)25-16(14)7-9-26(19)21(28)29/h4-5,10-11,19H,6-9H2,1-3H3,(H,24,27)(H,28,29). The van der Waals surface area contributed by atoms with Crippen LogP contribution in [-0.4, -0.2) is 40.6 Å². The highest BCUT2D eigenvalue weighted by Crippen LogP contribution is 2.41. The van der Waals surface area contributed by atoms with E-state index in [0.29, 0.717) is 34.8 Å². The van der Waals surface area contributed by atoms with Crippen LogP contribution in [0.5, 0.6) is 5.88 Å². The maximum atomic E-state index is 14.8. The largest absolute Gasteiger partial charge is 0.481 e. The Labute approximate surface area is 173 Å². The molecular formula is C22H24FN3O4. The summed E-state index contributed by atoms with van der Waals surface area (Å²) in [6, 6.07) is 5.28. The van der Waals surface area contributed by atoms with Gasteiger partial charge in [-0.2, -0.15) is 0 Å². The number of aromatic nitrogens is 1. The number of carboxylic acid groups (broad SMARTS) is 1. The number of amides is 2. The number of anilines is 1. The Balaban J connectivity index is 1.67. The fraction of sp³-hybridized carbons (Fsp3) is 0.409. The zero-order valence-electron chi connectivity index (χ0n) is 17.2. The molecule has 2 N–H and O–H groups in total. The first kappa shape index (κ1) is 20.1. The number of methoxy groups -OCH3 is 1. The van der Waals surface area contributed by atoms with E-state index in [2.05, 4.69) is 10.3 Å². The van der Waals surface area contributed by atoms with Crippen LogP contribution in [0, 0.1) is 5.82 Å². The second-order valence-electron chi connectivity index (χ2n) is 8.38. The molecule has 2 amide bonds. The van der Waals surface area contributed by atoms with E-state index >= 15 is 0 Å². The first-order valence-corrected chi connectivity index (χ1v) is 9.88. The molecule has 1 unspecified atom stereocenters. The number of rotatable bonds is 3. The first-order chi connectivity index (χ1) is 14.2. The van der Waals surface area contributed by atoms with Gasteiger partial charge in [-0.3, -0.25) is 9.69 Å². The third kappa shape index (κ3) is 3.36. The van der Waals surface area contributed by atoms with Crippen molar-refractivity contribution in [2.75, 3.05) is 19.0 Å². The molecule has 1 aromatic heterocycles. The van der Waals surface area contributed by atoms with Crippen molar-refractivity contribution in [1.29, 1.82) is 0 Å². The number of hydrogen-bond acceptors (Lipinski definition) is 4. The van der Waals surface area contributed by atoms with Gasteiger partial charge in [0.05, 0.1) is 12.8 Å². The summed E-state index contributed by atoms with van der Waals surface area (Å²) in [6.07, 6.45) is 0.761. The SMILES string of the molecule is COc1ccc2c(n1)CCN(C(=O)O)C2C(=O)Nc1cc(F)c2c(c1)CCC2(C)C. The van der Waals surface area contributed by atoms with Gasteiger partial charge < -0.3 is 15.2 Å². The number of pyridine rings is 1. The minimum Gasteiger partial charge on any atom is -0.481 e. The van der Waals surface area contributed by atoms with E-state index in [0.717, 1.165) is 23.3 Å². The van der Waals surface area contributed by atoms with Crippen molar-refractivity contribution in [3.63, 3.8) is 0 Å². The summed E-state index contributed by atoms with van der Waals surface area (Å²) in [6.45, 7) is 4.14. The molecule has 30 heavy (non-hydrogen) atoms. The highest BCUT2D eigenvalue weighted by atomic mass is 19.1. The van der Waals surface area contributed by atoms with Gasteiger partial charge in [0, 0.05) is 30.3 Å². The molecule has 1 aromatic carbocycles. The molecule has 0 bridgehead atoms. The maximum Gasteiger partial charge on any atom is 0.408 e. The van der Waals surface area contributed by atoms with Gasteiger partial charge in [-0.25, -0.2) is 14.2 Å². The van der Waals surface area contributed by atoms with E-state index in [1.54, 1.807) is 18.2 Å². The lowest BCUT2D eigenvalue weighted by Crippen LogP contribution is -2.45. The van der Waals surface area contributed by atoms with E-state index in [1.165, 1.54) is 13.2 Å². The summed E-state index contributed by atoms with van der Waals surface area (Å²) in [5.74, 6) is -0.488. The summed E-state index contributed by atoms with van der Waals surface area (Å²) in [7, 11) is 1.50. The Bertz CT molecular complexity index is 1040. The molecule has 2 aliphatic rings. The van der Waals surface area contributed by atoms with E-state index in [1.807, 2.05) is 13.8 Å². The molecule has 0 saturated carbocycles. The molecule has 1 atom stereocenters. The Hall–Kier alpha value is -3.16. The van der Waals surface area contributed by atoms with Crippen molar-refractivity contribution in [2.45, 2.75) is 44.6 Å². The molecular weight excluding hydrogens is 389 g/mol. The topological polar surface area (TPSA) is 91.8 Å². The number of fused-ring (bicyclic) bond motifs is 2. The molecule has 2 aromatic rings. The lowest BCUT2D eigenvalue weighted by Gasteiger charge is -2.33. The second kappa shape index (κ2) is 7.27.